The van der Waals surface area contributed by atoms with Gasteiger partial charge in [0.05, 0.1) is 40.4 Å². The zero-order valence-corrected chi connectivity index (χ0v) is 29.9. The molecule has 2 aromatic carbocycles. The Hall–Kier alpha value is -4.19. The number of rotatable bonds is 2. The third kappa shape index (κ3) is 9.03. The standard InChI is InChI=1S/C36H49N5O6S/c1-24-13-10-8-9-11-20-46-31-26(23-41(7)34(43)47-35(2,3)4)14-12-15-28(31)40-33(42)30-32(37)38-22-29(39-30)25-16-18-27(19-17-25)48(44,45)36(5,6)21-24/h12,14-19,22,24H,8-11,13,20-21,23H2,1-7H3,(H2,37,38)(H,40,42). The van der Waals surface area contributed by atoms with E-state index in [1.54, 1.807) is 57.3 Å². The molecule has 48 heavy (non-hydrogen) atoms. The normalized spacial score (nSPS) is 18.6. The lowest BCUT2D eigenvalue weighted by atomic mass is 9.93. The van der Waals surface area contributed by atoms with E-state index in [1.165, 1.54) is 11.1 Å². The maximum absolute atomic E-state index is 13.7. The fourth-order valence-corrected chi connectivity index (χ4v) is 7.46. The molecule has 260 valence electrons. The first-order valence-electron chi connectivity index (χ1n) is 16.5. The molecule has 0 saturated carbocycles. The summed E-state index contributed by atoms with van der Waals surface area (Å²) in [6.45, 7) is 11.7. The van der Waals surface area contributed by atoms with Crippen molar-refractivity contribution in [1.29, 1.82) is 0 Å². The highest BCUT2D eigenvalue weighted by Crippen LogP contribution is 2.35. The van der Waals surface area contributed by atoms with Crippen molar-refractivity contribution >= 4 is 33.3 Å². The van der Waals surface area contributed by atoms with Gasteiger partial charge in [0.25, 0.3) is 5.91 Å². The van der Waals surface area contributed by atoms with Crippen LogP contribution in [-0.2, 0) is 21.1 Å². The summed E-state index contributed by atoms with van der Waals surface area (Å²) in [5, 5.41) is 2.89. The number of nitrogens with one attached hydrogen (secondary N) is 1. The summed E-state index contributed by atoms with van der Waals surface area (Å²) in [7, 11) is -1.97. The van der Waals surface area contributed by atoms with Crippen molar-refractivity contribution < 1.29 is 27.5 Å². The maximum Gasteiger partial charge on any atom is 0.410 e. The molecule has 2 aliphatic rings. The van der Waals surface area contributed by atoms with Crippen LogP contribution in [0, 0.1) is 5.92 Å². The molecule has 0 radical (unpaired) electrons. The van der Waals surface area contributed by atoms with Gasteiger partial charge < -0.3 is 25.4 Å². The van der Waals surface area contributed by atoms with Crippen molar-refractivity contribution in [3.63, 3.8) is 0 Å². The van der Waals surface area contributed by atoms with Crippen molar-refractivity contribution in [3.05, 3.63) is 59.9 Å². The first-order valence-corrected chi connectivity index (χ1v) is 17.9. The molecule has 0 saturated heterocycles. The Kier molecular flexibility index (Phi) is 11.4. The highest BCUT2D eigenvalue weighted by atomic mass is 32.2. The van der Waals surface area contributed by atoms with Gasteiger partial charge in [0.2, 0.25) is 0 Å². The number of hydrogen-bond acceptors (Lipinski definition) is 9. The van der Waals surface area contributed by atoms with Crippen molar-refractivity contribution in [2.45, 2.75) is 102 Å². The van der Waals surface area contributed by atoms with Gasteiger partial charge in [-0.2, -0.15) is 0 Å². The van der Waals surface area contributed by atoms with Gasteiger partial charge in [-0.1, -0.05) is 56.9 Å². The summed E-state index contributed by atoms with van der Waals surface area (Å²) < 4.78 is 38.2. The molecule has 3 N–H and O–H groups in total. The van der Waals surface area contributed by atoms with Crippen molar-refractivity contribution in [2.75, 3.05) is 24.7 Å². The lowest BCUT2D eigenvalue weighted by Crippen LogP contribution is -2.34. The van der Waals surface area contributed by atoms with E-state index in [-0.39, 0.29) is 28.9 Å². The molecule has 4 bridgehead atoms. The molecule has 1 atom stereocenters. The Labute approximate surface area is 284 Å². The van der Waals surface area contributed by atoms with E-state index in [4.69, 9.17) is 15.2 Å². The number of carbonyl (C=O) groups excluding carboxylic acids is 2. The quantitative estimate of drug-likeness (QED) is 0.285. The monoisotopic (exact) mass is 679 g/mol. The second kappa shape index (κ2) is 14.9. The van der Waals surface area contributed by atoms with Crippen LogP contribution in [0.15, 0.2) is 53.6 Å². The van der Waals surface area contributed by atoms with E-state index >= 15 is 0 Å². The van der Waals surface area contributed by atoms with E-state index in [0.29, 0.717) is 41.3 Å². The third-order valence-corrected chi connectivity index (χ3v) is 10.9. The zero-order chi connectivity index (χ0) is 35.3. The summed E-state index contributed by atoms with van der Waals surface area (Å²) in [5.41, 5.74) is 7.41. The molecule has 3 aromatic rings. The van der Waals surface area contributed by atoms with Gasteiger partial charge in [0.15, 0.2) is 21.3 Å². The van der Waals surface area contributed by atoms with Crippen LogP contribution in [0.25, 0.3) is 11.3 Å². The molecule has 0 spiro atoms. The van der Waals surface area contributed by atoms with Gasteiger partial charge in [-0.25, -0.2) is 23.2 Å². The van der Waals surface area contributed by atoms with Gasteiger partial charge in [0, 0.05) is 18.2 Å². The number of nitrogen functional groups attached to an aromatic ring is 1. The fourth-order valence-electron chi connectivity index (χ4n) is 5.82. The third-order valence-electron chi connectivity index (χ3n) is 8.34. The van der Waals surface area contributed by atoms with Crippen LogP contribution in [0.1, 0.15) is 96.1 Å². The molecule has 5 rings (SSSR count). The highest BCUT2D eigenvalue weighted by molar-refractivity contribution is 7.92. The Morgan fingerprint density at radius 1 is 1.10 bits per heavy atom. The SMILES string of the molecule is CC1CCCCCCOc2c(CN(C)C(=O)OC(C)(C)C)cccc2NC(=O)c2nc(cnc2N)-c2ccc(cc2)S(=O)(=O)C(C)(C)C1. The smallest absolute Gasteiger partial charge is 0.410 e. The summed E-state index contributed by atoms with van der Waals surface area (Å²) >= 11 is 0. The fraction of sp³-hybridized carbons (Fsp3) is 0.500. The van der Waals surface area contributed by atoms with Gasteiger partial charge in [0.1, 0.15) is 11.4 Å². The lowest BCUT2D eigenvalue weighted by molar-refractivity contribution is 0.0284. The lowest BCUT2D eigenvalue weighted by Gasteiger charge is -2.28. The molecule has 0 aliphatic carbocycles. The van der Waals surface area contributed by atoms with Gasteiger partial charge in [-0.05, 0) is 71.6 Å². The van der Waals surface area contributed by atoms with Crippen LogP contribution in [0.2, 0.25) is 0 Å². The number of nitrogens with two attached hydrogens (primary N) is 1. The molecule has 0 fully saturated rings. The van der Waals surface area contributed by atoms with Crippen molar-refractivity contribution in [2.24, 2.45) is 5.92 Å². The van der Waals surface area contributed by atoms with Crippen LogP contribution in [-0.4, -0.2) is 59.3 Å². The summed E-state index contributed by atoms with van der Waals surface area (Å²) in [6.07, 6.45) is 6.07. The number of nitrogens with zero attached hydrogens (tertiary/aromatic N) is 3. The predicted octanol–water partition coefficient (Wildman–Crippen LogP) is 7.27. The van der Waals surface area contributed by atoms with Gasteiger partial charge in [-0.3, -0.25) is 4.79 Å². The van der Waals surface area contributed by atoms with Crippen molar-refractivity contribution in [3.8, 4) is 17.0 Å². The summed E-state index contributed by atoms with van der Waals surface area (Å²) in [6, 6.07) is 11.8. The Bertz CT molecular complexity index is 1720. The summed E-state index contributed by atoms with van der Waals surface area (Å²) in [4.78, 5) is 36.8. The minimum atomic E-state index is -3.62. The topological polar surface area (TPSA) is 154 Å². The Morgan fingerprint density at radius 2 is 1.79 bits per heavy atom. The molecular formula is C36H49N5O6S. The number of fused-ring (bicyclic) bond motifs is 13. The van der Waals surface area contributed by atoms with Crippen LogP contribution < -0.4 is 15.8 Å². The average molecular weight is 680 g/mol. The zero-order valence-electron chi connectivity index (χ0n) is 29.1. The molecule has 2 amide bonds. The molecule has 1 unspecified atom stereocenters. The van der Waals surface area contributed by atoms with E-state index in [1.807, 2.05) is 26.8 Å². The van der Waals surface area contributed by atoms with Crippen LogP contribution >= 0.6 is 0 Å². The molecule has 12 heteroatoms. The Balaban J connectivity index is 1.70. The van der Waals surface area contributed by atoms with E-state index in [2.05, 4.69) is 22.2 Å². The van der Waals surface area contributed by atoms with Gasteiger partial charge >= 0.3 is 6.09 Å². The first-order chi connectivity index (χ1) is 22.5. The number of para-hydroxylation sites is 1. The number of ether oxygens (including phenoxy) is 2. The number of anilines is 2. The summed E-state index contributed by atoms with van der Waals surface area (Å²) in [5.74, 6) is 0.0102. The van der Waals surface area contributed by atoms with Crippen molar-refractivity contribution in [1.82, 2.24) is 14.9 Å². The van der Waals surface area contributed by atoms with E-state index in [0.717, 1.165) is 32.1 Å². The number of benzene rings is 2. The number of carbonyl (C=O) groups is 2. The molecule has 11 nitrogen and oxygen atoms in total. The van der Waals surface area contributed by atoms with E-state index < -0.39 is 32.2 Å². The number of amides is 2. The van der Waals surface area contributed by atoms with Gasteiger partial charge in [-0.15, -0.1) is 0 Å². The van der Waals surface area contributed by atoms with E-state index in [9.17, 15) is 18.0 Å². The van der Waals surface area contributed by atoms with Crippen LogP contribution in [0.5, 0.6) is 5.75 Å². The maximum atomic E-state index is 13.7. The largest absolute Gasteiger partial charge is 0.491 e. The van der Waals surface area contributed by atoms with Crippen LogP contribution in [0.3, 0.4) is 0 Å². The average Bonchev–Trinajstić information content (AvgIpc) is 3.00. The first kappa shape index (κ1) is 36.6. The highest BCUT2D eigenvalue weighted by Gasteiger charge is 2.37. The minimum absolute atomic E-state index is 0.0657. The second-order valence-electron chi connectivity index (χ2n) is 14.2. The second-order valence-corrected chi connectivity index (χ2v) is 16.8. The molecule has 1 aromatic heterocycles. The molecule has 2 aliphatic heterocycles. The number of sulfone groups is 1. The number of aromatic nitrogens is 2. The molecule has 3 heterocycles. The number of hydrogen-bond donors (Lipinski definition) is 2. The minimum Gasteiger partial charge on any atom is -0.491 e. The molecular weight excluding hydrogens is 630 g/mol. The van der Waals surface area contributed by atoms with Crippen LogP contribution in [0.4, 0.5) is 16.3 Å². The Morgan fingerprint density at radius 3 is 2.48 bits per heavy atom. The predicted molar refractivity (Wildman–Crippen MR) is 188 cm³/mol.